The molecule has 1 aromatic heterocycles. The van der Waals surface area contributed by atoms with Crippen LogP contribution in [0.15, 0.2) is 24.3 Å². The van der Waals surface area contributed by atoms with E-state index in [0.29, 0.717) is 11.3 Å². The topological polar surface area (TPSA) is 91.0 Å². The van der Waals surface area contributed by atoms with Crippen molar-refractivity contribution in [2.24, 2.45) is 5.73 Å². The Morgan fingerprint density at radius 1 is 1.17 bits per heavy atom. The molecule has 2 rings (SSSR count). The van der Waals surface area contributed by atoms with Crippen LogP contribution in [-0.2, 0) is 0 Å². The second-order valence-corrected chi connectivity index (χ2v) is 3.86. The lowest BCUT2D eigenvalue weighted by Crippen LogP contribution is -2.10. The van der Waals surface area contributed by atoms with E-state index >= 15 is 0 Å². The van der Waals surface area contributed by atoms with Crippen LogP contribution in [0.4, 0.5) is 0 Å². The molecule has 0 radical (unpaired) electrons. The van der Waals surface area contributed by atoms with Crippen LogP contribution in [0, 0.1) is 0 Å². The molecule has 2 N–H and O–H groups in total. The smallest absolute Gasteiger partial charge is 0.262 e. The summed E-state index contributed by atoms with van der Waals surface area (Å²) in [6.45, 7) is 0. The molecule has 92 valence electrons. The number of rotatable bonds is 3. The van der Waals surface area contributed by atoms with E-state index in [2.05, 4.69) is 15.2 Å². The Bertz CT molecular complexity index is 589. The number of carbonyl (C=O) groups excluding carboxylic acids is 1. The standard InChI is InChI=1S/C10H6Cl2N4O2/c11-7-9(14-10(12)16-15-7)18-6-3-1-5(2-4-6)8(13)17/h1-4H,(H2,13,17). The van der Waals surface area contributed by atoms with Crippen molar-refractivity contribution in [3.63, 3.8) is 0 Å². The van der Waals surface area contributed by atoms with Crippen molar-refractivity contribution < 1.29 is 9.53 Å². The maximum atomic E-state index is 10.9. The third kappa shape index (κ3) is 2.85. The van der Waals surface area contributed by atoms with Gasteiger partial charge in [0.2, 0.25) is 16.3 Å². The van der Waals surface area contributed by atoms with Gasteiger partial charge in [-0.05, 0) is 35.9 Å². The van der Waals surface area contributed by atoms with Gasteiger partial charge < -0.3 is 10.5 Å². The normalized spacial score (nSPS) is 10.1. The summed E-state index contributed by atoms with van der Waals surface area (Å²) in [5.74, 6) is -0.0757. The first-order valence-corrected chi connectivity index (χ1v) is 5.45. The Hall–Kier alpha value is -1.92. The van der Waals surface area contributed by atoms with E-state index in [1.165, 1.54) is 12.1 Å². The highest BCUT2D eigenvalue weighted by molar-refractivity contribution is 6.31. The van der Waals surface area contributed by atoms with Crippen molar-refractivity contribution >= 4 is 29.1 Å². The maximum absolute atomic E-state index is 10.9. The number of hydrogen-bond donors (Lipinski definition) is 1. The number of carbonyl (C=O) groups is 1. The number of primary amides is 1. The molecule has 6 nitrogen and oxygen atoms in total. The second kappa shape index (κ2) is 5.16. The minimum atomic E-state index is -0.522. The molecule has 0 aliphatic heterocycles. The fourth-order valence-corrected chi connectivity index (χ4v) is 1.38. The molecule has 0 saturated heterocycles. The summed E-state index contributed by atoms with van der Waals surface area (Å²) >= 11 is 11.3. The molecule has 1 heterocycles. The quantitative estimate of drug-likeness (QED) is 0.932. The Morgan fingerprint density at radius 3 is 2.44 bits per heavy atom. The fourth-order valence-electron chi connectivity index (χ4n) is 1.14. The van der Waals surface area contributed by atoms with Gasteiger partial charge in [0.25, 0.3) is 5.88 Å². The van der Waals surface area contributed by atoms with E-state index in [-0.39, 0.29) is 16.3 Å². The van der Waals surface area contributed by atoms with Crippen LogP contribution in [-0.4, -0.2) is 21.1 Å². The second-order valence-electron chi connectivity index (χ2n) is 3.17. The first-order chi connectivity index (χ1) is 8.56. The summed E-state index contributed by atoms with van der Waals surface area (Å²) in [6.07, 6.45) is 0. The molecule has 8 heteroatoms. The van der Waals surface area contributed by atoms with E-state index in [1.54, 1.807) is 12.1 Å². The molecular formula is C10H6Cl2N4O2. The number of aromatic nitrogens is 3. The van der Waals surface area contributed by atoms with Crippen molar-refractivity contribution in [3.05, 3.63) is 40.3 Å². The number of nitrogens with two attached hydrogens (primary N) is 1. The van der Waals surface area contributed by atoms with Gasteiger partial charge in [0, 0.05) is 5.56 Å². The SMILES string of the molecule is NC(=O)c1ccc(Oc2nc(Cl)nnc2Cl)cc1. The predicted octanol–water partition coefficient (Wildman–Crippen LogP) is 2.07. The van der Waals surface area contributed by atoms with Gasteiger partial charge in [-0.1, -0.05) is 11.6 Å². The van der Waals surface area contributed by atoms with E-state index in [4.69, 9.17) is 33.7 Å². The zero-order valence-electron chi connectivity index (χ0n) is 8.80. The lowest BCUT2D eigenvalue weighted by Gasteiger charge is -2.05. The number of ether oxygens (including phenoxy) is 1. The lowest BCUT2D eigenvalue weighted by molar-refractivity contribution is 0.100. The van der Waals surface area contributed by atoms with E-state index in [1.807, 2.05) is 0 Å². The first-order valence-electron chi connectivity index (χ1n) is 4.69. The number of nitrogens with zero attached hydrogens (tertiary/aromatic N) is 3. The Morgan fingerprint density at radius 2 is 1.83 bits per heavy atom. The molecule has 0 aliphatic carbocycles. The van der Waals surface area contributed by atoms with Gasteiger partial charge in [0.15, 0.2) is 0 Å². The molecule has 1 amide bonds. The minimum absolute atomic E-state index is 0.0154. The molecule has 1 aromatic carbocycles. The number of halogens is 2. The Kier molecular flexibility index (Phi) is 3.59. The molecule has 0 atom stereocenters. The largest absolute Gasteiger partial charge is 0.436 e. The number of amides is 1. The van der Waals surface area contributed by atoms with E-state index in [0.717, 1.165) is 0 Å². The molecular weight excluding hydrogens is 279 g/mol. The van der Waals surface area contributed by atoms with Crippen LogP contribution in [0.2, 0.25) is 10.4 Å². The highest BCUT2D eigenvalue weighted by Gasteiger charge is 2.09. The van der Waals surface area contributed by atoms with Crippen molar-refractivity contribution in [1.29, 1.82) is 0 Å². The molecule has 0 spiro atoms. The summed E-state index contributed by atoms with van der Waals surface area (Å²) in [7, 11) is 0. The maximum Gasteiger partial charge on any atom is 0.262 e. The minimum Gasteiger partial charge on any atom is -0.436 e. The van der Waals surface area contributed by atoms with E-state index < -0.39 is 5.91 Å². The number of benzene rings is 1. The van der Waals surface area contributed by atoms with Crippen LogP contribution in [0.25, 0.3) is 0 Å². The average molecular weight is 285 g/mol. The first kappa shape index (κ1) is 12.5. The van der Waals surface area contributed by atoms with Crippen molar-refractivity contribution in [2.75, 3.05) is 0 Å². The van der Waals surface area contributed by atoms with Crippen molar-refractivity contribution in [3.8, 4) is 11.6 Å². The molecule has 0 fully saturated rings. The highest BCUT2D eigenvalue weighted by atomic mass is 35.5. The van der Waals surface area contributed by atoms with Gasteiger partial charge in [-0.2, -0.15) is 4.98 Å². The fraction of sp³-hybridized carbons (Fsp3) is 0. The molecule has 0 aliphatic rings. The monoisotopic (exact) mass is 284 g/mol. The van der Waals surface area contributed by atoms with Gasteiger partial charge in [-0.25, -0.2) is 0 Å². The van der Waals surface area contributed by atoms with Crippen LogP contribution >= 0.6 is 23.2 Å². The summed E-state index contributed by atoms with van der Waals surface area (Å²) < 4.78 is 5.34. The van der Waals surface area contributed by atoms with Crippen LogP contribution in [0.5, 0.6) is 11.6 Å². The summed E-state index contributed by atoms with van der Waals surface area (Å²) in [6, 6.07) is 6.13. The molecule has 0 unspecified atom stereocenters. The molecule has 0 bridgehead atoms. The van der Waals surface area contributed by atoms with Crippen LogP contribution in [0.3, 0.4) is 0 Å². The molecule has 18 heavy (non-hydrogen) atoms. The summed E-state index contributed by atoms with van der Waals surface area (Å²) in [5.41, 5.74) is 5.48. The van der Waals surface area contributed by atoms with E-state index in [9.17, 15) is 4.79 Å². The van der Waals surface area contributed by atoms with Crippen LogP contribution < -0.4 is 10.5 Å². The Balaban J connectivity index is 2.23. The summed E-state index contributed by atoms with van der Waals surface area (Å²) in [4.78, 5) is 14.7. The van der Waals surface area contributed by atoms with Gasteiger partial charge in [0.1, 0.15) is 5.75 Å². The zero-order chi connectivity index (χ0) is 13.1. The lowest BCUT2D eigenvalue weighted by atomic mass is 10.2. The third-order valence-electron chi connectivity index (χ3n) is 1.94. The van der Waals surface area contributed by atoms with Crippen molar-refractivity contribution in [1.82, 2.24) is 15.2 Å². The zero-order valence-corrected chi connectivity index (χ0v) is 10.3. The van der Waals surface area contributed by atoms with Gasteiger partial charge in [-0.15, -0.1) is 10.2 Å². The van der Waals surface area contributed by atoms with Gasteiger partial charge in [0.05, 0.1) is 0 Å². The van der Waals surface area contributed by atoms with Gasteiger partial charge in [-0.3, -0.25) is 4.79 Å². The molecule has 0 saturated carbocycles. The number of hydrogen-bond acceptors (Lipinski definition) is 5. The van der Waals surface area contributed by atoms with Crippen LogP contribution in [0.1, 0.15) is 10.4 Å². The Labute approximate surface area is 112 Å². The highest BCUT2D eigenvalue weighted by Crippen LogP contribution is 2.25. The third-order valence-corrected chi connectivity index (χ3v) is 2.34. The summed E-state index contributed by atoms with van der Waals surface area (Å²) in [5, 5.41) is 6.90. The predicted molar refractivity (Wildman–Crippen MR) is 64.9 cm³/mol. The average Bonchev–Trinajstić information content (AvgIpc) is 2.34. The molecule has 2 aromatic rings. The van der Waals surface area contributed by atoms with Gasteiger partial charge >= 0.3 is 0 Å². The van der Waals surface area contributed by atoms with Crippen molar-refractivity contribution in [2.45, 2.75) is 0 Å².